The Morgan fingerprint density at radius 3 is 2.52 bits per heavy atom. The van der Waals surface area contributed by atoms with Gasteiger partial charge in [-0.1, -0.05) is 12.1 Å². The highest BCUT2D eigenvalue weighted by molar-refractivity contribution is 5.94. The fourth-order valence-electron chi connectivity index (χ4n) is 2.46. The Labute approximate surface area is 155 Å². The smallest absolute Gasteiger partial charge is 0.269 e. The van der Waals surface area contributed by atoms with Crippen LogP contribution >= 0.6 is 0 Å². The van der Waals surface area contributed by atoms with Crippen molar-refractivity contribution in [2.24, 2.45) is 0 Å². The quantitative estimate of drug-likeness (QED) is 0.521. The molecular weight excluding hydrogens is 346 g/mol. The van der Waals surface area contributed by atoms with Crippen LogP contribution in [0.1, 0.15) is 29.0 Å². The highest BCUT2D eigenvalue weighted by Crippen LogP contribution is 2.24. The molecule has 1 N–H and O–H groups in total. The van der Waals surface area contributed by atoms with E-state index >= 15 is 0 Å². The van der Waals surface area contributed by atoms with Gasteiger partial charge in [-0.25, -0.2) is 0 Å². The minimum absolute atomic E-state index is 0.0148. The topological polar surface area (TPSA) is 94.4 Å². The summed E-state index contributed by atoms with van der Waals surface area (Å²) < 4.78 is 5.68. The van der Waals surface area contributed by atoms with Crippen LogP contribution < -0.4 is 10.1 Å². The zero-order chi connectivity index (χ0) is 19.2. The van der Waals surface area contributed by atoms with Crippen LogP contribution in [0.2, 0.25) is 0 Å². The number of hydrogen-bond acceptors (Lipinski definition) is 5. The van der Waals surface area contributed by atoms with Gasteiger partial charge in [0.25, 0.3) is 11.6 Å². The standard InChI is InChI=1S/C20H17N3O4/c1-14(19-7-2-3-12-21-19)22-20(24)15-5-4-6-18(13-15)27-17-10-8-16(9-11-17)23(25)26/h2-14H,1H3,(H,22,24). The lowest BCUT2D eigenvalue weighted by molar-refractivity contribution is -0.384. The molecule has 27 heavy (non-hydrogen) atoms. The summed E-state index contributed by atoms with van der Waals surface area (Å²) in [6.45, 7) is 1.86. The minimum Gasteiger partial charge on any atom is -0.457 e. The van der Waals surface area contributed by atoms with Crippen molar-refractivity contribution >= 4 is 11.6 Å². The summed E-state index contributed by atoms with van der Waals surface area (Å²) in [4.78, 5) is 26.9. The van der Waals surface area contributed by atoms with E-state index in [1.54, 1.807) is 30.5 Å². The van der Waals surface area contributed by atoms with E-state index < -0.39 is 4.92 Å². The number of nitro groups is 1. The summed E-state index contributed by atoms with van der Waals surface area (Å²) in [5, 5.41) is 13.6. The van der Waals surface area contributed by atoms with Gasteiger partial charge >= 0.3 is 0 Å². The van der Waals surface area contributed by atoms with Crippen LogP contribution in [-0.4, -0.2) is 15.8 Å². The van der Waals surface area contributed by atoms with E-state index in [4.69, 9.17) is 4.74 Å². The van der Waals surface area contributed by atoms with Gasteiger partial charge in [-0.05, 0) is 49.4 Å². The highest BCUT2D eigenvalue weighted by Gasteiger charge is 2.13. The van der Waals surface area contributed by atoms with E-state index in [2.05, 4.69) is 10.3 Å². The maximum atomic E-state index is 12.5. The Morgan fingerprint density at radius 2 is 1.85 bits per heavy atom. The number of carbonyl (C=O) groups is 1. The van der Waals surface area contributed by atoms with Gasteiger partial charge in [0.2, 0.25) is 0 Å². The fraction of sp³-hybridized carbons (Fsp3) is 0.100. The largest absolute Gasteiger partial charge is 0.457 e. The monoisotopic (exact) mass is 363 g/mol. The molecule has 0 fully saturated rings. The molecule has 7 nitrogen and oxygen atoms in total. The number of non-ortho nitro benzene ring substituents is 1. The minimum atomic E-state index is -0.475. The second-order valence-electron chi connectivity index (χ2n) is 5.83. The summed E-state index contributed by atoms with van der Waals surface area (Å²) in [5.74, 6) is 0.657. The van der Waals surface area contributed by atoms with Crippen molar-refractivity contribution in [2.75, 3.05) is 0 Å². The van der Waals surface area contributed by atoms with Crippen LogP contribution in [-0.2, 0) is 0 Å². The number of rotatable bonds is 6. The van der Waals surface area contributed by atoms with Crippen molar-refractivity contribution in [3.8, 4) is 11.5 Å². The number of amides is 1. The second-order valence-corrected chi connectivity index (χ2v) is 5.83. The first kappa shape index (κ1) is 18.1. The predicted molar refractivity (Wildman–Crippen MR) is 99.7 cm³/mol. The molecule has 0 aliphatic rings. The summed E-state index contributed by atoms with van der Waals surface area (Å²) in [6, 6.07) is 17.7. The molecule has 0 saturated carbocycles. The number of pyridine rings is 1. The van der Waals surface area contributed by atoms with Crippen LogP contribution in [0.5, 0.6) is 11.5 Å². The van der Waals surface area contributed by atoms with Crippen LogP contribution in [0.4, 0.5) is 5.69 Å². The number of carbonyl (C=O) groups excluding carboxylic acids is 1. The van der Waals surface area contributed by atoms with E-state index in [9.17, 15) is 14.9 Å². The molecule has 0 spiro atoms. The van der Waals surface area contributed by atoms with Gasteiger partial charge in [0, 0.05) is 23.9 Å². The summed E-state index contributed by atoms with van der Waals surface area (Å²) in [7, 11) is 0. The average molecular weight is 363 g/mol. The third-order valence-corrected chi connectivity index (χ3v) is 3.86. The first-order valence-electron chi connectivity index (χ1n) is 8.27. The fourth-order valence-corrected chi connectivity index (χ4v) is 2.46. The van der Waals surface area contributed by atoms with Crippen molar-refractivity contribution in [3.63, 3.8) is 0 Å². The summed E-state index contributed by atoms with van der Waals surface area (Å²) in [5.41, 5.74) is 1.19. The zero-order valence-electron chi connectivity index (χ0n) is 14.5. The van der Waals surface area contributed by atoms with E-state index in [-0.39, 0.29) is 17.6 Å². The van der Waals surface area contributed by atoms with Gasteiger partial charge < -0.3 is 10.1 Å². The molecule has 0 bridgehead atoms. The van der Waals surface area contributed by atoms with Gasteiger partial charge in [0.05, 0.1) is 16.7 Å². The number of hydrogen-bond donors (Lipinski definition) is 1. The third kappa shape index (κ3) is 4.66. The molecular formula is C20H17N3O4. The van der Waals surface area contributed by atoms with E-state index in [0.717, 1.165) is 5.69 Å². The Hall–Kier alpha value is -3.74. The number of aromatic nitrogens is 1. The molecule has 0 saturated heterocycles. The number of ether oxygens (including phenoxy) is 1. The summed E-state index contributed by atoms with van der Waals surface area (Å²) in [6.07, 6.45) is 1.68. The Bertz CT molecular complexity index is 943. The molecule has 136 valence electrons. The first-order chi connectivity index (χ1) is 13.0. The summed E-state index contributed by atoms with van der Waals surface area (Å²) >= 11 is 0. The van der Waals surface area contributed by atoms with Crippen LogP contribution in [0, 0.1) is 10.1 Å². The Balaban J connectivity index is 1.69. The van der Waals surface area contributed by atoms with Gasteiger partial charge in [0.1, 0.15) is 11.5 Å². The first-order valence-corrected chi connectivity index (χ1v) is 8.27. The van der Waals surface area contributed by atoms with Gasteiger partial charge in [0.15, 0.2) is 0 Å². The molecule has 1 heterocycles. The number of nitro benzene ring substituents is 1. The molecule has 1 unspecified atom stereocenters. The van der Waals surface area contributed by atoms with Crippen molar-refractivity contribution in [3.05, 3.63) is 94.3 Å². The highest BCUT2D eigenvalue weighted by atomic mass is 16.6. The lowest BCUT2D eigenvalue weighted by atomic mass is 10.1. The molecule has 1 atom stereocenters. The molecule has 0 aliphatic carbocycles. The number of nitrogens with one attached hydrogen (secondary N) is 1. The molecule has 1 aromatic heterocycles. The molecule has 2 aromatic carbocycles. The number of nitrogens with zero attached hydrogens (tertiary/aromatic N) is 2. The SMILES string of the molecule is CC(NC(=O)c1cccc(Oc2ccc([N+](=O)[O-])cc2)c1)c1ccccn1. The Morgan fingerprint density at radius 1 is 1.07 bits per heavy atom. The van der Waals surface area contributed by atoms with Crippen LogP contribution in [0.3, 0.4) is 0 Å². The van der Waals surface area contributed by atoms with E-state index in [1.165, 1.54) is 24.3 Å². The lowest BCUT2D eigenvalue weighted by Gasteiger charge is -2.14. The molecule has 7 heteroatoms. The molecule has 0 aliphatic heterocycles. The average Bonchev–Trinajstić information content (AvgIpc) is 2.69. The molecule has 3 rings (SSSR count). The van der Waals surface area contributed by atoms with Crippen molar-refractivity contribution in [1.29, 1.82) is 0 Å². The molecule has 0 radical (unpaired) electrons. The van der Waals surface area contributed by atoms with Crippen molar-refractivity contribution in [1.82, 2.24) is 10.3 Å². The maximum absolute atomic E-state index is 12.5. The van der Waals surface area contributed by atoms with Crippen molar-refractivity contribution < 1.29 is 14.5 Å². The second kappa shape index (κ2) is 8.09. The molecule has 3 aromatic rings. The van der Waals surface area contributed by atoms with Crippen LogP contribution in [0.15, 0.2) is 72.9 Å². The Kier molecular flexibility index (Phi) is 5.41. The van der Waals surface area contributed by atoms with Gasteiger partial charge in [-0.2, -0.15) is 0 Å². The van der Waals surface area contributed by atoms with E-state index in [1.807, 2.05) is 25.1 Å². The zero-order valence-corrected chi connectivity index (χ0v) is 14.5. The maximum Gasteiger partial charge on any atom is 0.269 e. The van der Waals surface area contributed by atoms with Crippen molar-refractivity contribution in [2.45, 2.75) is 13.0 Å². The third-order valence-electron chi connectivity index (χ3n) is 3.86. The normalized spacial score (nSPS) is 11.4. The van der Waals surface area contributed by atoms with Gasteiger partial charge in [-0.15, -0.1) is 0 Å². The van der Waals surface area contributed by atoms with Crippen LogP contribution in [0.25, 0.3) is 0 Å². The molecule has 1 amide bonds. The van der Waals surface area contributed by atoms with E-state index in [0.29, 0.717) is 17.1 Å². The predicted octanol–water partition coefficient (Wildman–Crippen LogP) is 4.27. The number of benzene rings is 2. The lowest BCUT2D eigenvalue weighted by Crippen LogP contribution is -2.27. The van der Waals surface area contributed by atoms with Gasteiger partial charge in [-0.3, -0.25) is 19.9 Å².